The van der Waals surface area contributed by atoms with Crippen LogP contribution in [0.3, 0.4) is 0 Å². The van der Waals surface area contributed by atoms with Crippen molar-refractivity contribution < 1.29 is 4.74 Å². The summed E-state index contributed by atoms with van der Waals surface area (Å²) in [5.74, 6) is 0.600. The summed E-state index contributed by atoms with van der Waals surface area (Å²) in [7, 11) is 3.75. The van der Waals surface area contributed by atoms with Crippen LogP contribution in [-0.2, 0) is 11.3 Å². The minimum Gasteiger partial charge on any atom is -0.376 e. The topological polar surface area (TPSA) is 36.3 Å². The molecular weight excluding hydrogens is 224 g/mol. The lowest BCUT2D eigenvalue weighted by Gasteiger charge is -2.13. The van der Waals surface area contributed by atoms with Gasteiger partial charge in [0.15, 0.2) is 0 Å². The number of hydrogen-bond donors (Lipinski definition) is 1. The van der Waals surface area contributed by atoms with Crippen LogP contribution in [0, 0.1) is 5.41 Å². The standard InChI is InChI=1S/C12H18N2O.ClH/c1-14(2)12(13)8-9-15-10-11-6-4-3-5-7-11;/h3-7,13H,8-10H2,1-2H3;1H. The molecule has 0 aliphatic heterocycles. The maximum atomic E-state index is 7.57. The molecule has 0 aromatic heterocycles. The van der Waals surface area contributed by atoms with Crippen LogP contribution in [0.2, 0.25) is 0 Å². The van der Waals surface area contributed by atoms with Crippen LogP contribution in [0.5, 0.6) is 0 Å². The normalized spacial score (nSPS) is 9.38. The lowest BCUT2D eigenvalue weighted by molar-refractivity contribution is 0.126. The zero-order chi connectivity index (χ0) is 11.1. The number of nitrogens with zero attached hydrogens (tertiary/aromatic N) is 1. The largest absolute Gasteiger partial charge is 0.376 e. The van der Waals surface area contributed by atoms with E-state index in [-0.39, 0.29) is 12.4 Å². The smallest absolute Gasteiger partial charge is 0.0975 e. The Hall–Kier alpha value is -1.06. The fourth-order valence-electron chi connectivity index (χ4n) is 1.16. The van der Waals surface area contributed by atoms with Gasteiger partial charge in [-0.2, -0.15) is 0 Å². The summed E-state index contributed by atoms with van der Waals surface area (Å²) in [4.78, 5) is 1.80. The quantitative estimate of drug-likeness (QED) is 0.490. The highest BCUT2D eigenvalue weighted by atomic mass is 35.5. The van der Waals surface area contributed by atoms with Crippen molar-refractivity contribution in [3.05, 3.63) is 35.9 Å². The first-order valence-corrected chi connectivity index (χ1v) is 5.06. The van der Waals surface area contributed by atoms with Crippen LogP contribution in [0.1, 0.15) is 12.0 Å². The van der Waals surface area contributed by atoms with E-state index in [9.17, 15) is 0 Å². The van der Waals surface area contributed by atoms with Crippen molar-refractivity contribution in [1.29, 1.82) is 5.41 Å². The SMILES string of the molecule is CN(C)C(=N)CCOCc1ccccc1.Cl. The van der Waals surface area contributed by atoms with Crippen LogP contribution in [0.25, 0.3) is 0 Å². The molecule has 0 spiro atoms. The molecule has 1 aromatic carbocycles. The monoisotopic (exact) mass is 242 g/mol. The summed E-state index contributed by atoms with van der Waals surface area (Å²) in [6, 6.07) is 10.1. The first-order valence-electron chi connectivity index (χ1n) is 5.06. The van der Waals surface area contributed by atoms with E-state index in [1.165, 1.54) is 5.56 Å². The Morgan fingerprint density at radius 2 is 1.88 bits per heavy atom. The van der Waals surface area contributed by atoms with Gasteiger partial charge in [-0.3, -0.25) is 5.41 Å². The van der Waals surface area contributed by atoms with Gasteiger partial charge < -0.3 is 9.64 Å². The number of rotatable bonds is 5. The minimum absolute atomic E-state index is 0. The van der Waals surface area contributed by atoms with E-state index >= 15 is 0 Å². The van der Waals surface area contributed by atoms with Gasteiger partial charge in [0.1, 0.15) is 0 Å². The summed E-state index contributed by atoms with van der Waals surface area (Å²) in [6.45, 7) is 1.23. The maximum absolute atomic E-state index is 7.57. The van der Waals surface area contributed by atoms with Crippen molar-refractivity contribution >= 4 is 18.2 Å². The number of hydrogen-bond acceptors (Lipinski definition) is 2. The van der Waals surface area contributed by atoms with Crippen LogP contribution in [0.4, 0.5) is 0 Å². The fraction of sp³-hybridized carbons (Fsp3) is 0.417. The Labute approximate surface area is 103 Å². The molecule has 0 aliphatic carbocycles. The Morgan fingerprint density at radius 3 is 2.44 bits per heavy atom. The number of halogens is 1. The number of nitrogens with one attached hydrogen (secondary N) is 1. The van der Waals surface area contributed by atoms with Crippen molar-refractivity contribution in [2.24, 2.45) is 0 Å². The van der Waals surface area contributed by atoms with Crippen LogP contribution >= 0.6 is 12.4 Å². The van der Waals surface area contributed by atoms with Crippen LogP contribution in [-0.4, -0.2) is 31.4 Å². The van der Waals surface area contributed by atoms with E-state index < -0.39 is 0 Å². The molecule has 4 heteroatoms. The van der Waals surface area contributed by atoms with Crippen molar-refractivity contribution in [1.82, 2.24) is 4.90 Å². The summed E-state index contributed by atoms with van der Waals surface area (Å²) >= 11 is 0. The van der Waals surface area contributed by atoms with E-state index in [0.717, 1.165) is 0 Å². The Bertz CT molecular complexity index is 301. The lowest BCUT2D eigenvalue weighted by Crippen LogP contribution is -2.22. The first kappa shape index (κ1) is 14.9. The van der Waals surface area contributed by atoms with Gasteiger partial charge in [-0.25, -0.2) is 0 Å². The molecule has 0 fully saturated rings. The second kappa shape index (κ2) is 8.13. The van der Waals surface area contributed by atoms with Crippen LogP contribution in [0.15, 0.2) is 30.3 Å². The molecule has 0 aliphatic rings. The molecule has 0 heterocycles. The molecule has 3 nitrogen and oxygen atoms in total. The summed E-state index contributed by atoms with van der Waals surface area (Å²) < 4.78 is 5.47. The average molecular weight is 243 g/mol. The number of amidine groups is 1. The molecule has 0 bridgehead atoms. The predicted octanol–water partition coefficient (Wildman–Crippen LogP) is 2.55. The van der Waals surface area contributed by atoms with Gasteiger partial charge in [-0.05, 0) is 5.56 Å². The third kappa shape index (κ3) is 5.73. The molecule has 0 amide bonds. The highest BCUT2D eigenvalue weighted by Crippen LogP contribution is 2.01. The molecule has 0 radical (unpaired) electrons. The van der Waals surface area contributed by atoms with Crippen LogP contribution < -0.4 is 0 Å². The second-order valence-corrected chi connectivity index (χ2v) is 3.63. The van der Waals surface area contributed by atoms with E-state index in [2.05, 4.69) is 0 Å². The summed E-state index contributed by atoms with van der Waals surface area (Å²) in [6.07, 6.45) is 0.667. The Kier molecular flexibility index (Phi) is 7.60. The molecule has 90 valence electrons. The van der Waals surface area contributed by atoms with Crippen molar-refractivity contribution in [2.75, 3.05) is 20.7 Å². The van der Waals surface area contributed by atoms with Crippen molar-refractivity contribution in [2.45, 2.75) is 13.0 Å². The Balaban J connectivity index is 0.00000225. The molecule has 0 atom stereocenters. The summed E-state index contributed by atoms with van der Waals surface area (Å²) in [5.41, 5.74) is 1.17. The van der Waals surface area contributed by atoms with Gasteiger partial charge in [0.2, 0.25) is 0 Å². The molecule has 0 unspecified atom stereocenters. The predicted molar refractivity (Wildman–Crippen MR) is 69.4 cm³/mol. The van der Waals surface area contributed by atoms with Gasteiger partial charge in [0, 0.05) is 20.5 Å². The molecule has 1 aromatic rings. The molecule has 0 saturated carbocycles. The third-order valence-corrected chi connectivity index (χ3v) is 2.13. The zero-order valence-corrected chi connectivity index (χ0v) is 10.6. The minimum atomic E-state index is 0. The lowest BCUT2D eigenvalue weighted by atomic mass is 10.2. The van der Waals surface area contributed by atoms with E-state index in [4.69, 9.17) is 10.1 Å². The van der Waals surface area contributed by atoms with Crippen molar-refractivity contribution in [3.8, 4) is 0 Å². The molecular formula is C12H19ClN2O. The average Bonchev–Trinajstić information content (AvgIpc) is 2.25. The van der Waals surface area contributed by atoms with Gasteiger partial charge in [0.25, 0.3) is 0 Å². The highest BCUT2D eigenvalue weighted by molar-refractivity contribution is 5.85. The number of ether oxygens (including phenoxy) is 1. The van der Waals surface area contributed by atoms with Gasteiger partial charge >= 0.3 is 0 Å². The molecule has 1 N–H and O–H groups in total. The number of benzene rings is 1. The first-order chi connectivity index (χ1) is 7.20. The molecule has 16 heavy (non-hydrogen) atoms. The molecule has 1 rings (SSSR count). The third-order valence-electron chi connectivity index (χ3n) is 2.13. The van der Waals surface area contributed by atoms with Gasteiger partial charge in [-0.1, -0.05) is 30.3 Å². The van der Waals surface area contributed by atoms with Gasteiger partial charge in [0.05, 0.1) is 19.0 Å². The zero-order valence-electron chi connectivity index (χ0n) is 9.77. The fourth-order valence-corrected chi connectivity index (χ4v) is 1.16. The maximum Gasteiger partial charge on any atom is 0.0975 e. The van der Waals surface area contributed by atoms with E-state index in [1.807, 2.05) is 44.4 Å². The van der Waals surface area contributed by atoms with E-state index in [1.54, 1.807) is 4.90 Å². The highest BCUT2D eigenvalue weighted by Gasteiger charge is 1.98. The molecule has 0 saturated heterocycles. The van der Waals surface area contributed by atoms with Crippen molar-refractivity contribution in [3.63, 3.8) is 0 Å². The summed E-state index contributed by atoms with van der Waals surface area (Å²) in [5, 5.41) is 7.57. The van der Waals surface area contributed by atoms with Gasteiger partial charge in [-0.15, -0.1) is 12.4 Å². The Morgan fingerprint density at radius 1 is 1.25 bits per heavy atom. The van der Waals surface area contributed by atoms with E-state index in [0.29, 0.717) is 25.5 Å². The second-order valence-electron chi connectivity index (χ2n) is 3.63.